The molecule has 0 heterocycles. The van der Waals surface area contributed by atoms with Crippen LogP contribution >= 0.6 is 34.8 Å². The molecule has 0 aliphatic heterocycles. The van der Waals surface area contributed by atoms with Crippen LogP contribution in [-0.4, -0.2) is 26.6 Å². The van der Waals surface area contributed by atoms with Gasteiger partial charge in [-0.1, -0.05) is 64.6 Å². The maximum Gasteiger partial charge on any atom is 0.399 e. The quantitative estimate of drug-likeness (QED) is 0.345. The fourth-order valence-electron chi connectivity index (χ4n) is 2.60. The highest BCUT2D eigenvalue weighted by Crippen LogP contribution is 2.41. The zero-order chi connectivity index (χ0) is 21.1. The van der Waals surface area contributed by atoms with Gasteiger partial charge in [0.25, 0.3) is 0 Å². The number of benzene rings is 2. The Labute approximate surface area is 176 Å². The van der Waals surface area contributed by atoms with Gasteiger partial charge in [0.2, 0.25) is 0 Å². The normalized spacial score (nSPS) is 13.0. The Morgan fingerprint density at radius 2 is 1.79 bits per heavy atom. The highest BCUT2D eigenvalue weighted by atomic mass is 35.5. The van der Waals surface area contributed by atoms with Crippen molar-refractivity contribution in [3.63, 3.8) is 0 Å². The molecule has 0 saturated heterocycles. The Bertz CT molecular complexity index is 891. The monoisotopic (exact) mass is 448 g/mol. The molecule has 0 spiro atoms. The number of hydrogen-bond acceptors (Lipinski definition) is 2. The first kappa shape index (κ1) is 22.7. The van der Waals surface area contributed by atoms with Gasteiger partial charge in [-0.15, -0.1) is 0 Å². The average molecular weight is 449 g/mol. The molecule has 0 bridgehead atoms. The van der Waals surface area contributed by atoms with Crippen LogP contribution in [0.15, 0.2) is 36.4 Å². The van der Waals surface area contributed by atoms with Gasteiger partial charge < -0.3 is 4.74 Å². The molecule has 1 atom stereocenters. The first-order valence-corrected chi connectivity index (χ1v) is 9.35. The first-order valence-electron chi connectivity index (χ1n) is 8.21. The van der Waals surface area contributed by atoms with Gasteiger partial charge >= 0.3 is 12.1 Å². The number of carbonyl (C=O) groups is 1. The second-order valence-corrected chi connectivity index (χ2v) is 7.16. The second kappa shape index (κ2) is 9.25. The standard InChI is InChI=1S/C19H15BCl3F3O2/c1-2-28-18(27)12-5-3-10(7-14(12)20)4-6-13(19(24,25)26)11-8-15(21)17(23)16(22)9-11/h3-9,13H,2,20H2,1H3/b6-4+. The molecular formula is C19H15BCl3F3O2. The number of esters is 1. The van der Waals surface area contributed by atoms with Crippen LogP contribution in [-0.2, 0) is 4.74 Å². The van der Waals surface area contributed by atoms with Crippen molar-refractivity contribution in [1.82, 2.24) is 0 Å². The Balaban J connectivity index is 2.37. The van der Waals surface area contributed by atoms with Gasteiger partial charge in [-0.3, -0.25) is 0 Å². The first-order chi connectivity index (χ1) is 13.0. The summed E-state index contributed by atoms with van der Waals surface area (Å²) in [4.78, 5) is 11.8. The maximum absolute atomic E-state index is 13.6. The summed E-state index contributed by atoms with van der Waals surface area (Å²) in [5.74, 6) is -2.40. The van der Waals surface area contributed by atoms with E-state index in [-0.39, 0.29) is 27.2 Å². The van der Waals surface area contributed by atoms with Gasteiger partial charge in [-0.2, -0.15) is 13.2 Å². The molecule has 0 aliphatic carbocycles. The highest BCUT2D eigenvalue weighted by molar-refractivity contribution is 6.48. The minimum atomic E-state index is -4.56. The molecule has 2 aromatic carbocycles. The zero-order valence-corrected chi connectivity index (χ0v) is 17.2. The maximum atomic E-state index is 13.6. The summed E-state index contributed by atoms with van der Waals surface area (Å²) in [6, 6.07) is 6.97. The second-order valence-electron chi connectivity index (χ2n) is 5.97. The van der Waals surface area contributed by atoms with Gasteiger partial charge in [0, 0.05) is 0 Å². The van der Waals surface area contributed by atoms with Crippen molar-refractivity contribution in [3.8, 4) is 0 Å². The average Bonchev–Trinajstić information content (AvgIpc) is 2.58. The lowest BCUT2D eigenvalue weighted by Gasteiger charge is -2.18. The largest absolute Gasteiger partial charge is 0.462 e. The molecule has 0 fully saturated rings. The van der Waals surface area contributed by atoms with Crippen LogP contribution in [0.3, 0.4) is 0 Å². The Kier molecular flexibility index (Phi) is 7.49. The Morgan fingerprint density at radius 3 is 2.29 bits per heavy atom. The molecule has 28 heavy (non-hydrogen) atoms. The Morgan fingerprint density at radius 1 is 1.18 bits per heavy atom. The van der Waals surface area contributed by atoms with Crippen LogP contribution in [0.1, 0.15) is 34.3 Å². The van der Waals surface area contributed by atoms with Gasteiger partial charge in [-0.05, 0) is 36.2 Å². The summed E-state index contributed by atoms with van der Waals surface area (Å²) in [6.07, 6.45) is -2.22. The van der Waals surface area contributed by atoms with E-state index in [4.69, 9.17) is 39.5 Å². The van der Waals surface area contributed by atoms with Crippen molar-refractivity contribution >= 4 is 60.2 Å². The Hall–Kier alpha value is -1.63. The number of carbonyl (C=O) groups excluding carboxylic acids is 1. The number of allylic oxidation sites excluding steroid dienone is 1. The van der Waals surface area contributed by atoms with E-state index >= 15 is 0 Å². The summed E-state index contributed by atoms with van der Waals surface area (Å²) in [6.45, 7) is 1.93. The fraction of sp³-hybridized carbons (Fsp3) is 0.211. The van der Waals surface area contributed by atoms with Crippen molar-refractivity contribution in [3.05, 3.63) is 68.2 Å². The van der Waals surface area contributed by atoms with Gasteiger partial charge in [-0.25, -0.2) is 4.79 Å². The van der Waals surface area contributed by atoms with Crippen molar-refractivity contribution in [1.29, 1.82) is 0 Å². The summed E-state index contributed by atoms with van der Waals surface area (Å²) < 4.78 is 45.7. The smallest absolute Gasteiger partial charge is 0.399 e. The summed E-state index contributed by atoms with van der Waals surface area (Å²) >= 11 is 17.6. The molecule has 0 amide bonds. The lowest BCUT2D eigenvalue weighted by molar-refractivity contribution is -0.139. The molecule has 9 heteroatoms. The minimum absolute atomic E-state index is 0.00201. The van der Waals surface area contributed by atoms with Crippen molar-refractivity contribution in [2.75, 3.05) is 6.61 Å². The van der Waals surface area contributed by atoms with Crippen LogP contribution in [0.25, 0.3) is 6.08 Å². The number of rotatable bonds is 5. The van der Waals surface area contributed by atoms with E-state index in [0.717, 1.165) is 18.2 Å². The van der Waals surface area contributed by atoms with Gasteiger partial charge in [0.1, 0.15) is 7.85 Å². The van der Waals surface area contributed by atoms with E-state index < -0.39 is 18.1 Å². The lowest BCUT2D eigenvalue weighted by Crippen LogP contribution is -2.19. The number of alkyl halides is 3. The molecule has 0 saturated carbocycles. The van der Waals surface area contributed by atoms with Crippen LogP contribution in [0.5, 0.6) is 0 Å². The van der Waals surface area contributed by atoms with Gasteiger partial charge in [0.15, 0.2) is 0 Å². The van der Waals surface area contributed by atoms with E-state index in [2.05, 4.69) is 0 Å². The predicted molar refractivity (Wildman–Crippen MR) is 110 cm³/mol. The fourth-order valence-corrected chi connectivity index (χ4v) is 3.21. The zero-order valence-electron chi connectivity index (χ0n) is 14.9. The van der Waals surface area contributed by atoms with Gasteiger partial charge in [0.05, 0.1) is 33.2 Å². The number of halogens is 6. The third-order valence-electron chi connectivity index (χ3n) is 3.94. The molecule has 0 aromatic heterocycles. The molecule has 148 valence electrons. The lowest BCUT2D eigenvalue weighted by atomic mass is 9.88. The van der Waals surface area contributed by atoms with Crippen LogP contribution in [0, 0.1) is 0 Å². The SMILES string of the molecule is Bc1cc(/C=C/C(c2cc(Cl)c(Cl)c(Cl)c2)C(F)(F)F)ccc1C(=O)OCC. The van der Waals surface area contributed by atoms with E-state index in [1.807, 2.05) is 0 Å². The third-order valence-corrected chi connectivity index (χ3v) is 5.14. The molecule has 0 radical (unpaired) electrons. The molecule has 0 N–H and O–H groups in total. The van der Waals surface area contributed by atoms with Crippen molar-refractivity contribution in [2.45, 2.75) is 19.0 Å². The molecule has 0 aliphatic rings. The predicted octanol–water partition coefficient (Wildman–Crippen LogP) is 5.44. The molecule has 2 rings (SSSR count). The topological polar surface area (TPSA) is 26.3 Å². The molecule has 2 aromatic rings. The van der Waals surface area contributed by atoms with Crippen LogP contribution < -0.4 is 5.46 Å². The number of ether oxygens (including phenoxy) is 1. The van der Waals surface area contributed by atoms with E-state index in [0.29, 0.717) is 16.6 Å². The van der Waals surface area contributed by atoms with Crippen LogP contribution in [0.4, 0.5) is 13.2 Å². The summed E-state index contributed by atoms with van der Waals surface area (Å²) in [5, 5.41) is -0.106. The van der Waals surface area contributed by atoms with Crippen molar-refractivity contribution < 1.29 is 22.7 Å². The molecular weight excluding hydrogens is 434 g/mol. The van der Waals surface area contributed by atoms with Crippen LogP contribution in [0.2, 0.25) is 15.1 Å². The minimum Gasteiger partial charge on any atom is -0.462 e. The number of hydrogen-bond donors (Lipinski definition) is 0. The summed E-state index contributed by atoms with van der Waals surface area (Å²) in [7, 11) is 1.68. The van der Waals surface area contributed by atoms with E-state index in [9.17, 15) is 18.0 Å². The molecule has 2 nitrogen and oxygen atoms in total. The summed E-state index contributed by atoms with van der Waals surface area (Å²) in [5.41, 5.74) is 1.35. The third kappa shape index (κ3) is 5.46. The molecule has 1 unspecified atom stereocenters. The van der Waals surface area contributed by atoms with E-state index in [1.54, 1.807) is 26.9 Å². The highest BCUT2D eigenvalue weighted by Gasteiger charge is 2.39. The van der Waals surface area contributed by atoms with E-state index in [1.165, 1.54) is 12.1 Å². The van der Waals surface area contributed by atoms with Crippen molar-refractivity contribution in [2.24, 2.45) is 0 Å².